The lowest BCUT2D eigenvalue weighted by molar-refractivity contribution is -0.690. The highest BCUT2D eigenvalue weighted by Gasteiger charge is 2.47. The predicted molar refractivity (Wildman–Crippen MR) is 292 cm³/mol. The fourth-order valence-electron chi connectivity index (χ4n) is 10.5. The van der Waals surface area contributed by atoms with Crippen molar-refractivity contribution in [2.24, 2.45) is 0 Å². The van der Waals surface area contributed by atoms with E-state index in [0.29, 0.717) is 18.8 Å². The van der Waals surface area contributed by atoms with Gasteiger partial charge in [0.25, 0.3) is 5.69 Å². The number of halogens is 24. The van der Waals surface area contributed by atoms with Gasteiger partial charge in [0.1, 0.15) is 6.15 Å². The number of carbonyl (C=O) groups excluding carboxylic acids is 1. The van der Waals surface area contributed by atoms with Crippen molar-refractivity contribution in [1.82, 2.24) is 0 Å². The van der Waals surface area contributed by atoms with Gasteiger partial charge in [0.15, 0.2) is 12.7 Å². The van der Waals surface area contributed by atoms with Crippen molar-refractivity contribution in [1.29, 1.82) is 0 Å². The highest BCUT2D eigenvalue weighted by Crippen LogP contribution is 2.42. The number of hydrogen-bond acceptors (Lipinski definition) is 2. The first-order valence-electron chi connectivity index (χ1n) is 28.6. The molecule has 0 saturated heterocycles. The van der Waals surface area contributed by atoms with Crippen LogP contribution in [-0.4, -0.2) is 18.7 Å². The third-order valence-electron chi connectivity index (χ3n) is 15.0. The molecule has 500 valence electrons. The molecule has 5 aromatic carbocycles. The molecule has 0 aliphatic rings. The van der Waals surface area contributed by atoms with Crippen LogP contribution in [0.2, 0.25) is 0 Å². The van der Waals surface area contributed by atoms with E-state index in [1.54, 1.807) is 0 Å². The van der Waals surface area contributed by atoms with Crippen molar-refractivity contribution in [3.05, 3.63) is 183 Å². The first-order chi connectivity index (χ1) is 42.1. The lowest BCUT2D eigenvalue weighted by Gasteiger charge is -2.46. The maximum atomic E-state index is 14.2. The quantitative estimate of drug-likeness (QED) is 0.0199. The maximum absolute atomic E-state index is 14.2. The number of carbonyl (C=O) groups is 1. The molecule has 91 heavy (non-hydrogen) atoms. The van der Waals surface area contributed by atoms with Gasteiger partial charge in [-0.25, -0.2) is 4.79 Å². The van der Waals surface area contributed by atoms with Crippen LogP contribution in [0.3, 0.4) is 0 Å². The first kappa shape index (κ1) is 74.8. The van der Waals surface area contributed by atoms with E-state index in [0.717, 1.165) is 12.8 Å². The van der Waals surface area contributed by atoms with Gasteiger partial charge in [-0.3, -0.25) is 0 Å². The average molecular weight is 1330 g/mol. The Balaban J connectivity index is 0.000000377. The summed E-state index contributed by atoms with van der Waals surface area (Å²) in [6.07, 6.45) is -31.3. The average Bonchev–Trinajstić information content (AvgIpc) is 0.710. The van der Waals surface area contributed by atoms with Gasteiger partial charge in [-0.1, -0.05) is 182 Å². The highest BCUT2D eigenvalue weighted by atomic mass is 19.4. The van der Waals surface area contributed by atoms with Gasteiger partial charge in [0.05, 0.1) is 51.1 Å². The van der Waals surface area contributed by atoms with Gasteiger partial charge in [0, 0.05) is 17.7 Å². The number of rotatable bonds is 24. The fraction of sp³-hybridized carbons (Fsp3) is 0.429. The van der Waals surface area contributed by atoms with Crippen LogP contribution in [0.1, 0.15) is 170 Å². The molecule has 6 rings (SSSR count). The van der Waals surface area contributed by atoms with Crippen LogP contribution >= 0.6 is 0 Å². The van der Waals surface area contributed by atoms with E-state index >= 15 is 0 Å². The molecular formula is C63H60BF24NO2. The van der Waals surface area contributed by atoms with Gasteiger partial charge >= 0.3 is 55.4 Å². The van der Waals surface area contributed by atoms with Crippen molar-refractivity contribution in [3.8, 4) is 0 Å². The van der Waals surface area contributed by atoms with E-state index < -0.39 is 195 Å². The molecule has 0 radical (unpaired) electrons. The standard InChI is InChI=1S/C32H12BF24.C31H48NO2/c34-25(35,36)13-1-14(26(37,38)39)6-21(5-13)33(22-7-15(27(40,41)42)2-16(8-22)28(43,44)45,23-9-17(29(46,47)48)3-18(10-23)30(49,50)51)24-11-19(31(52,53)54)4-20(12-24)32(55,56)57;1-2-3-4-5-6-7-8-9-10-11-12-13-14-15-16-22-27-34-31(33)30-25-20-21-26-32(30)28-29-23-18-17-19-24-29/h1-12H;17-21,23-26H,2-16,22,27-28H2,1H3/q-1;+1. The molecule has 1 heterocycles. The Hall–Kier alpha value is -6.90. The zero-order chi connectivity index (χ0) is 68.0. The third-order valence-corrected chi connectivity index (χ3v) is 15.0. The molecule has 0 aliphatic carbocycles. The normalized spacial score (nSPS) is 13.1. The van der Waals surface area contributed by atoms with E-state index in [2.05, 4.69) is 19.1 Å². The van der Waals surface area contributed by atoms with Gasteiger partial charge in [-0.15, -0.1) is 0 Å². The van der Waals surface area contributed by atoms with Crippen LogP contribution in [0.5, 0.6) is 0 Å². The smallest absolute Gasteiger partial charge is 0.416 e. The molecule has 28 heteroatoms. The topological polar surface area (TPSA) is 30.2 Å². The molecule has 0 amide bonds. The number of ether oxygens (including phenoxy) is 1. The van der Waals surface area contributed by atoms with Crippen molar-refractivity contribution in [2.45, 2.75) is 166 Å². The van der Waals surface area contributed by atoms with Crippen LogP contribution in [0.25, 0.3) is 0 Å². The van der Waals surface area contributed by atoms with Crippen LogP contribution in [0.15, 0.2) is 128 Å². The van der Waals surface area contributed by atoms with Crippen LogP contribution in [-0.2, 0) is 60.7 Å². The highest BCUT2D eigenvalue weighted by molar-refractivity contribution is 7.20. The minimum atomic E-state index is -6.13. The SMILES string of the molecule is CCCCCCCCCCCCCCCCCCOC(=O)c1cccc[n+]1Cc1ccccc1.FC(F)(F)c1cc([B-](c2cc(C(F)(F)F)cc(C(F)(F)F)c2)(c2cc(C(F)(F)F)cc(C(F)(F)F)c2)c2cc(C(F)(F)F)cc(C(F)(F)F)c2)cc(C(F)(F)F)c1. The molecule has 0 spiro atoms. The minimum Gasteiger partial charge on any atom is -0.458 e. The van der Waals surface area contributed by atoms with Gasteiger partial charge < -0.3 is 4.74 Å². The first-order valence-corrected chi connectivity index (χ1v) is 28.6. The second-order valence-corrected chi connectivity index (χ2v) is 21.9. The molecule has 1 aromatic heterocycles. The van der Waals surface area contributed by atoms with E-state index in [1.165, 1.54) is 95.5 Å². The van der Waals surface area contributed by atoms with Crippen molar-refractivity contribution in [3.63, 3.8) is 0 Å². The maximum Gasteiger partial charge on any atom is 0.416 e. The molecule has 0 bridgehead atoms. The van der Waals surface area contributed by atoms with E-state index in [9.17, 15) is 110 Å². The summed E-state index contributed by atoms with van der Waals surface area (Å²) in [5, 5.41) is 0. The number of alkyl halides is 24. The number of hydrogen-bond donors (Lipinski definition) is 0. The molecule has 0 saturated carbocycles. The minimum absolute atomic E-state index is 0.225. The van der Waals surface area contributed by atoms with Crippen LogP contribution < -0.4 is 26.4 Å². The molecule has 0 aliphatic heterocycles. The van der Waals surface area contributed by atoms with E-state index in [1.807, 2.05) is 47.2 Å². The van der Waals surface area contributed by atoms with Gasteiger partial charge in [-0.05, 0) is 36.8 Å². The number of aromatic nitrogens is 1. The summed E-state index contributed by atoms with van der Waals surface area (Å²) >= 11 is 0. The summed E-state index contributed by atoms with van der Waals surface area (Å²) in [6.45, 7) is 3.47. The number of unbranched alkanes of at least 4 members (excludes halogenated alkanes) is 15. The van der Waals surface area contributed by atoms with E-state index in [-0.39, 0.29) is 5.97 Å². The molecule has 6 aromatic rings. The molecule has 3 nitrogen and oxygen atoms in total. The Kier molecular flexibility index (Phi) is 25.2. The second kappa shape index (κ2) is 30.7. The van der Waals surface area contributed by atoms with Gasteiger partial charge in [-0.2, -0.15) is 132 Å². The summed E-state index contributed by atoms with van der Waals surface area (Å²) in [5.74, 6) is -0.225. The zero-order valence-electron chi connectivity index (χ0n) is 48.3. The van der Waals surface area contributed by atoms with E-state index in [4.69, 9.17) is 4.74 Å². The Morgan fingerprint density at radius 3 is 0.857 bits per heavy atom. The van der Waals surface area contributed by atoms with Crippen molar-refractivity contribution < 1.29 is 119 Å². The van der Waals surface area contributed by atoms with Crippen LogP contribution in [0, 0.1) is 0 Å². The number of nitrogens with zero attached hydrogens (tertiary/aromatic N) is 1. The lowest BCUT2D eigenvalue weighted by atomic mass is 9.12. The number of esters is 1. The van der Waals surface area contributed by atoms with Crippen molar-refractivity contribution in [2.75, 3.05) is 6.61 Å². The Morgan fingerprint density at radius 2 is 0.593 bits per heavy atom. The third kappa shape index (κ3) is 21.6. The molecule has 0 atom stereocenters. The monoisotopic (exact) mass is 1330 g/mol. The summed E-state index contributed by atoms with van der Waals surface area (Å²) in [7, 11) is 0. The number of pyridine rings is 1. The molecule has 0 fully saturated rings. The summed E-state index contributed by atoms with van der Waals surface area (Å²) < 4.78 is 348. The van der Waals surface area contributed by atoms with Crippen LogP contribution in [0.4, 0.5) is 105 Å². The number of benzene rings is 5. The summed E-state index contributed by atoms with van der Waals surface area (Å²) in [5.41, 5.74) is -28.4. The zero-order valence-corrected chi connectivity index (χ0v) is 48.3. The van der Waals surface area contributed by atoms with Gasteiger partial charge in [0.2, 0.25) is 0 Å². The predicted octanol–water partition coefficient (Wildman–Crippen LogP) is 19.7. The molecular weight excluding hydrogens is 1270 g/mol. The second-order valence-electron chi connectivity index (χ2n) is 21.9. The van der Waals surface area contributed by atoms with Crippen molar-refractivity contribution >= 4 is 34.0 Å². The Morgan fingerprint density at radius 1 is 0.341 bits per heavy atom. The molecule has 0 N–H and O–H groups in total. The summed E-state index contributed by atoms with van der Waals surface area (Å²) in [4.78, 5) is 12.6. The Bertz CT molecular complexity index is 2860. The largest absolute Gasteiger partial charge is 0.458 e. The fourth-order valence-corrected chi connectivity index (χ4v) is 10.5. The lowest BCUT2D eigenvalue weighted by Crippen LogP contribution is -2.75. The Labute approximate surface area is 507 Å². The summed E-state index contributed by atoms with van der Waals surface area (Å²) in [6, 6.07) is 7.09. The molecule has 0 unspecified atom stereocenters.